The lowest BCUT2D eigenvalue weighted by Gasteiger charge is -2.23. The van der Waals surface area contributed by atoms with Gasteiger partial charge in [-0.15, -0.1) is 0 Å². The molecule has 0 aliphatic carbocycles. The van der Waals surface area contributed by atoms with Crippen LogP contribution in [0.1, 0.15) is 31.4 Å². The number of rotatable bonds is 10. The number of benzene rings is 2. The quantitative estimate of drug-likeness (QED) is 0.475. The van der Waals surface area contributed by atoms with Gasteiger partial charge in [-0.05, 0) is 35.6 Å². The van der Waals surface area contributed by atoms with Crippen LogP contribution in [0.3, 0.4) is 0 Å². The van der Waals surface area contributed by atoms with Crippen LogP contribution in [0.4, 0.5) is 4.79 Å². The van der Waals surface area contributed by atoms with Crippen molar-refractivity contribution >= 4 is 33.8 Å². The summed E-state index contributed by atoms with van der Waals surface area (Å²) in [4.78, 5) is 37.1. The summed E-state index contributed by atoms with van der Waals surface area (Å²) >= 11 is 3.40. The van der Waals surface area contributed by atoms with E-state index >= 15 is 0 Å². The van der Waals surface area contributed by atoms with E-state index in [0.717, 1.165) is 15.6 Å². The van der Waals surface area contributed by atoms with Crippen molar-refractivity contribution in [1.29, 1.82) is 0 Å². The van der Waals surface area contributed by atoms with Gasteiger partial charge in [0.25, 0.3) is 0 Å². The highest BCUT2D eigenvalue weighted by atomic mass is 79.9. The molecule has 0 heterocycles. The first-order valence-corrected chi connectivity index (χ1v) is 10.8. The Labute approximate surface area is 190 Å². The molecule has 2 rings (SSSR count). The van der Waals surface area contributed by atoms with Crippen LogP contribution in [0, 0.1) is 5.92 Å². The van der Waals surface area contributed by atoms with Crippen molar-refractivity contribution in [2.45, 2.75) is 45.4 Å². The van der Waals surface area contributed by atoms with Gasteiger partial charge in [0.15, 0.2) is 0 Å². The van der Waals surface area contributed by atoms with Crippen molar-refractivity contribution in [2.24, 2.45) is 11.7 Å². The maximum atomic E-state index is 12.9. The number of hydrogen-bond acceptors (Lipinski definition) is 4. The van der Waals surface area contributed by atoms with Gasteiger partial charge >= 0.3 is 6.09 Å². The van der Waals surface area contributed by atoms with Gasteiger partial charge in [0.05, 0.1) is 0 Å². The van der Waals surface area contributed by atoms with Gasteiger partial charge in [0, 0.05) is 10.9 Å². The summed E-state index contributed by atoms with van der Waals surface area (Å²) in [6, 6.07) is 14.9. The Bertz CT molecular complexity index is 889. The van der Waals surface area contributed by atoms with E-state index in [1.54, 1.807) is 0 Å². The molecule has 0 aliphatic heterocycles. The standard InChI is InChI=1S/C23H28BrN3O4/c1-15(2)11-19(21(25)28)26-22(29)20(13-17-9-6-10-18(24)12-17)27-23(30)31-14-16-7-4-3-5-8-16/h3-10,12,15,19-20H,11,13-14H2,1-2H3,(H2,25,28)(H,26,29)(H,27,30)/t19-,20+/m0/s1. The summed E-state index contributed by atoms with van der Waals surface area (Å²) < 4.78 is 6.11. The molecule has 0 bridgehead atoms. The normalized spacial score (nSPS) is 12.6. The molecule has 2 aromatic rings. The first kappa shape index (κ1) is 24.4. The molecule has 0 fully saturated rings. The fourth-order valence-corrected chi connectivity index (χ4v) is 3.45. The van der Waals surface area contributed by atoms with E-state index in [4.69, 9.17) is 10.5 Å². The summed E-state index contributed by atoms with van der Waals surface area (Å²) in [6.07, 6.45) is -0.0966. The molecule has 166 valence electrons. The number of ether oxygens (including phenoxy) is 1. The molecule has 0 saturated heterocycles. The summed E-state index contributed by atoms with van der Waals surface area (Å²) in [5.41, 5.74) is 7.11. The largest absolute Gasteiger partial charge is 0.445 e. The molecule has 2 aromatic carbocycles. The molecule has 0 saturated carbocycles. The third kappa shape index (κ3) is 8.80. The number of alkyl carbamates (subject to hydrolysis) is 1. The van der Waals surface area contributed by atoms with E-state index in [0.29, 0.717) is 6.42 Å². The molecule has 0 unspecified atom stereocenters. The Morgan fingerprint density at radius 3 is 2.26 bits per heavy atom. The van der Waals surface area contributed by atoms with Gasteiger partial charge < -0.3 is 21.1 Å². The molecule has 0 spiro atoms. The minimum Gasteiger partial charge on any atom is -0.445 e. The molecule has 3 amide bonds. The second-order valence-corrected chi connectivity index (χ2v) is 8.60. The lowest BCUT2D eigenvalue weighted by atomic mass is 10.0. The molecule has 31 heavy (non-hydrogen) atoms. The van der Waals surface area contributed by atoms with Crippen LogP contribution in [0.15, 0.2) is 59.1 Å². The van der Waals surface area contributed by atoms with Crippen molar-refractivity contribution in [3.63, 3.8) is 0 Å². The minimum atomic E-state index is -0.938. The van der Waals surface area contributed by atoms with E-state index in [1.165, 1.54) is 0 Å². The highest BCUT2D eigenvalue weighted by Crippen LogP contribution is 2.14. The fourth-order valence-electron chi connectivity index (χ4n) is 3.01. The Kier molecular flexibility index (Phi) is 9.52. The average molecular weight is 490 g/mol. The van der Waals surface area contributed by atoms with Crippen LogP contribution in [0.5, 0.6) is 0 Å². The van der Waals surface area contributed by atoms with Gasteiger partial charge in [-0.2, -0.15) is 0 Å². The highest BCUT2D eigenvalue weighted by molar-refractivity contribution is 9.10. The highest BCUT2D eigenvalue weighted by Gasteiger charge is 2.27. The van der Waals surface area contributed by atoms with E-state index in [-0.39, 0.29) is 18.9 Å². The van der Waals surface area contributed by atoms with E-state index in [2.05, 4.69) is 26.6 Å². The third-order valence-corrected chi connectivity index (χ3v) is 5.01. The first-order chi connectivity index (χ1) is 14.7. The van der Waals surface area contributed by atoms with E-state index in [1.807, 2.05) is 68.4 Å². The zero-order valence-electron chi connectivity index (χ0n) is 17.6. The van der Waals surface area contributed by atoms with Crippen LogP contribution in [0.2, 0.25) is 0 Å². The van der Waals surface area contributed by atoms with Crippen molar-refractivity contribution in [1.82, 2.24) is 10.6 Å². The molecular weight excluding hydrogens is 462 g/mol. The average Bonchev–Trinajstić information content (AvgIpc) is 2.71. The van der Waals surface area contributed by atoms with Gasteiger partial charge in [-0.25, -0.2) is 4.79 Å². The van der Waals surface area contributed by atoms with Gasteiger partial charge in [0.2, 0.25) is 11.8 Å². The Balaban J connectivity index is 2.10. The molecule has 8 heteroatoms. The minimum absolute atomic E-state index is 0.0785. The van der Waals surface area contributed by atoms with Crippen molar-refractivity contribution < 1.29 is 19.1 Å². The smallest absolute Gasteiger partial charge is 0.408 e. The number of amides is 3. The lowest BCUT2D eigenvalue weighted by molar-refractivity contribution is -0.128. The predicted octanol–water partition coefficient (Wildman–Crippen LogP) is 3.30. The Hall–Kier alpha value is -2.87. The number of halogens is 1. The Morgan fingerprint density at radius 1 is 0.968 bits per heavy atom. The molecular formula is C23H28BrN3O4. The summed E-state index contributed by atoms with van der Waals surface area (Å²) in [6.45, 7) is 3.94. The van der Waals surface area contributed by atoms with Crippen molar-refractivity contribution in [3.05, 3.63) is 70.2 Å². The van der Waals surface area contributed by atoms with Gasteiger partial charge in [-0.3, -0.25) is 9.59 Å². The van der Waals surface area contributed by atoms with E-state index in [9.17, 15) is 14.4 Å². The van der Waals surface area contributed by atoms with Crippen molar-refractivity contribution in [2.75, 3.05) is 0 Å². The van der Waals surface area contributed by atoms with Crippen LogP contribution in [-0.2, 0) is 27.4 Å². The number of carbonyl (C=O) groups is 3. The number of primary amides is 1. The fraction of sp³-hybridized carbons (Fsp3) is 0.348. The monoisotopic (exact) mass is 489 g/mol. The SMILES string of the molecule is CC(C)C[C@H](NC(=O)[C@@H](Cc1cccc(Br)c1)NC(=O)OCc1ccccc1)C(N)=O. The Morgan fingerprint density at radius 2 is 1.65 bits per heavy atom. The molecule has 0 aliphatic rings. The number of hydrogen-bond donors (Lipinski definition) is 3. The topological polar surface area (TPSA) is 111 Å². The summed E-state index contributed by atoms with van der Waals surface area (Å²) in [5, 5.41) is 5.28. The first-order valence-electron chi connectivity index (χ1n) is 10.1. The molecule has 2 atom stereocenters. The zero-order valence-corrected chi connectivity index (χ0v) is 19.2. The number of nitrogens with two attached hydrogens (primary N) is 1. The second-order valence-electron chi connectivity index (χ2n) is 7.69. The van der Waals surface area contributed by atoms with Crippen LogP contribution in [0.25, 0.3) is 0 Å². The van der Waals surface area contributed by atoms with Gasteiger partial charge in [-0.1, -0.05) is 72.2 Å². The van der Waals surface area contributed by atoms with Crippen molar-refractivity contribution in [3.8, 4) is 0 Å². The van der Waals surface area contributed by atoms with Crippen LogP contribution >= 0.6 is 15.9 Å². The second kappa shape index (κ2) is 12.1. The number of nitrogens with one attached hydrogen (secondary N) is 2. The lowest BCUT2D eigenvalue weighted by Crippen LogP contribution is -2.54. The summed E-state index contributed by atoms with van der Waals surface area (Å²) in [5.74, 6) is -0.957. The maximum absolute atomic E-state index is 12.9. The molecule has 4 N–H and O–H groups in total. The van der Waals surface area contributed by atoms with Gasteiger partial charge in [0.1, 0.15) is 18.7 Å². The zero-order chi connectivity index (χ0) is 22.8. The molecule has 0 aromatic heterocycles. The van der Waals surface area contributed by atoms with E-state index < -0.39 is 30.0 Å². The van der Waals surface area contributed by atoms with Crippen LogP contribution < -0.4 is 16.4 Å². The van der Waals surface area contributed by atoms with Crippen LogP contribution in [-0.4, -0.2) is 30.0 Å². The summed E-state index contributed by atoms with van der Waals surface area (Å²) in [7, 11) is 0. The predicted molar refractivity (Wildman–Crippen MR) is 122 cm³/mol. The number of carbonyl (C=O) groups excluding carboxylic acids is 3. The molecule has 7 nitrogen and oxygen atoms in total. The maximum Gasteiger partial charge on any atom is 0.408 e. The molecule has 0 radical (unpaired) electrons. The third-order valence-electron chi connectivity index (χ3n) is 4.52.